The monoisotopic (exact) mass is 436 g/mol. The molecule has 0 atom stereocenters. The maximum atomic E-state index is 12.4. The highest BCUT2D eigenvalue weighted by atomic mass is 32.2. The largest absolute Gasteiger partial charge is 0.522 e. The Balaban J connectivity index is 2.45. The first-order valence-corrected chi connectivity index (χ1v) is 10.4. The smallest absolute Gasteiger partial charge is 0.468 e. The van der Waals surface area contributed by atoms with E-state index in [0.29, 0.717) is 23.3 Å². The molecule has 0 aliphatic rings. The zero-order valence-corrected chi connectivity index (χ0v) is 17.4. The van der Waals surface area contributed by atoms with Gasteiger partial charge in [-0.05, 0) is 23.6 Å². The molecule has 0 aliphatic carbocycles. The summed E-state index contributed by atoms with van der Waals surface area (Å²) in [7, 11) is -2.85. The van der Waals surface area contributed by atoms with E-state index in [4.69, 9.17) is 0 Å². The quantitative estimate of drug-likeness (QED) is 0.620. The second-order valence-electron chi connectivity index (χ2n) is 7.70. The number of alkyl halides is 3. The molecule has 29 heavy (non-hydrogen) atoms. The van der Waals surface area contributed by atoms with Crippen molar-refractivity contribution >= 4 is 26.8 Å². The van der Waals surface area contributed by atoms with E-state index in [9.17, 15) is 26.4 Å². The number of rotatable bonds is 7. The predicted octanol–water partition coefficient (Wildman–Crippen LogP) is 3.11. The van der Waals surface area contributed by atoms with Gasteiger partial charge in [-0.2, -0.15) is 0 Å². The van der Waals surface area contributed by atoms with Gasteiger partial charge < -0.3 is 9.30 Å². The second kappa shape index (κ2) is 8.31. The Labute approximate surface area is 166 Å². The summed E-state index contributed by atoms with van der Waals surface area (Å²) in [6.07, 6.45) is -4.28. The summed E-state index contributed by atoms with van der Waals surface area (Å²) in [6, 6.07) is 4.07. The van der Waals surface area contributed by atoms with Crippen molar-refractivity contribution in [2.75, 3.05) is 19.5 Å². The number of ether oxygens (including phenoxy) is 2. The summed E-state index contributed by atoms with van der Waals surface area (Å²) >= 11 is 0. The van der Waals surface area contributed by atoms with Crippen molar-refractivity contribution in [2.24, 2.45) is 5.41 Å². The zero-order chi connectivity index (χ0) is 22.0. The average Bonchev–Trinajstić information content (AvgIpc) is 2.88. The Hall–Kier alpha value is -2.14. The molecule has 11 heteroatoms. The van der Waals surface area contributed by atoms with Gasteiger partial charge in [-0.1, -0.05) is 20.8 Å². The summed E-state index contributed by atoms with van der Waals surface area (Å²) in [5.41, 5.74) is 0.582. The maximum Gasteiger partial charge on any atom is 0.522 e. The maximum absolute atomic E-state index is 12.4. The molecule has 0 N–H and O–H groups in total. The van der Waals surface area contributed by atoms with E-state index in [1.807, 2.05) is 20.8 Å². The van der Waals surface area contributed by atoms with Crippen LogP contribution in [0, 0.1) is 5.41 Å². The summed E-state index contributed by atoms with van der Waals surface area (Å²) in [5.74, 6) is -1.20. The summed E-state index contributed by atoms with van der Waals surface area (Å²) in [6.45, 7) is 5.16. The van der Waals surface area contributed by atoms with Gasteiger partial charge in [0.2, 0.25) is 0 Å². The lowest BCUT2D eigenvalue weighted by atomic mass is 9.92. The Bertz CT molecular complexity index is 991. The Morgan fingerprint density at radius 2 is 1.86 bits per heavy atom. The lowest BCUT2D eigenvalue weighted by molar-refractivity contribution is -0.325. The third-order valence-corrected chi connectivity index (χ3v) is 5.55. The Kier molecular flexibility index (Phi) is 6.63. The standard InChI is InChI=1S/C18H23F3N2O5S/c1-17(2,3)10-15-22-13-9-12(29(25,26)11-16(24)27-4)5-6-14(13)23(15)7-8-28-18(19,20)21/h5-6,9H,7-8,10-11H2,1-4H3. The van der Waals surface area contributed by atoms with Gasteiger partial charge in [0.05, 0.1) is 29.6 Å². The number of aromatic nitrogens is 2. The van der Waals surface area contributed by atoms with E-state index in [0.717, 1.165) is 7.11 Å². The molecule has 2 aromatic rings. The van der Waals surface area contributed by atoms with E-state index in [1.54, 1.807) is 4.57 Å². The van der Waals surface area contributed by atoms with Crippen LogP contribution >= 0.6 is 0 Å². The molecular formula is C18H23F3N2O5S. The van der Waals surface area contributed by atoms with Crippen LogP contribution in [0.4, 0.5) is 13.2 Å². The minimum absolute atomic E-state index is 0.102. The molecule has 1 aromatic carbocycles. The first-order valence-electron chi connectivity index (χ1n) is 8.71. The molecule has 0 amide bonds. The summed E-state index contributed by atoms with van der Waals surface area (Å²) in [5, 5.41) is 0. The number of carbonyl (C=O) groups excluding carboxylic acids is 1. The van der Waals surface area contributed by atoms with E-state index >= 15 is 0 Å². The molecule has 0 aliphatic heterocycles. The minimum Gasteiger partial charge on any atom is -0.468 e. The SMILES string of the molecule is COC(=O)CS(=O)(=O)c1ccc2c(c1)nc(CC(C)(C)C)n2CCOC(F)(F)F. The lowest BCUT2D eigenvalue weighted by Gasteiger charge is -2.19. The average molecular weight is 436 g/mol. The molecule has 0 spiro atoms. The predicted molar refractivity (Wildman–Crippen MR) is 99.0 cm³/mol. The lowest BCUT2D eigenvalue weighted by Crippen LogP contribution is -2.20. The molecule has 7 nitrogen and oxygen atoms in total. The fraction of sp³-hybridized carbons (Fsp3) is 0.556. The fourth-order valence-corrected chi connectivity index (χ4v) is 3.92. The van der Waals surface area contributed by atoms with Crippen molar-refractivity contribution in [1.29, 1.82) is 0 Å². The van der Waals surface area contributed by atoms with Crippen molar-refractivity contribution in [1.82, 2.24) is 9.55 Å². The third-order valence-electron chi connectivity index (χ3n) is 3.96. The molecular weight excluding hydrogens is 413 g/mol. The zero-order valence-electron chi connectivity index (χ0n) is 16.5. The Morgan fingerprint density at radius 3 is 2.41 bits per heavy atom. The van der Waals surface area contributed by atoms with Crippen LogP contribution in [0.2, 0.25) is 0 Å². The van der Waals surface area contributed by atoms with Crippen molar-refractivity contribution in [3.8, 4) is 0 Å². The van der Waals surface area contributed by atoms with E-state index in [2.05, 4.69) is 14.5 Å². The Morgan fingerprint density at radius 1 is 1.21 bits per heavy atom. The molecule has 0 fully saturated rings. The molecule has 162 valence electrons. The first kappa shape index (κ1) is 23.1. The number of fused-ring (bicyclic) bond motifs is 1. The summed E-state index contributed by atoms with van der Waals surface area (Å²) in [4.78, 5) is 15.7. The number of carbonyl (C=O) groups is 1. The first-order chi connectivity index (χ1) is 13.2. The molecule has 0 saturated carbocycles. The number of sulfone groups is 1. The molecule has 2 rings (SSSR count). The highest BCUT2D eigenvalue weighted by Gasteiger charge is 2.29. The van der Waals surface area contributed by atoms with Gasteiger partial charge in [0, 0.05) is 13.0 Å². The van der Waals surface area contributed by atoms with E-state index in [1.165, 1.54) is 18.2 Å². The molecule has 0 bridgehead atoms. The van der Waals surface area contributed by atoms with Gasteiger partial charge in [0.15, 0.2) is 15.6 Å². The number of imidazole rings is 1. The van der Waals surface area contributed by atoms with Crippen LogP contribution in [0.1, 0.15) is 26.6 Å². The highest BCUT2D eigenvalue weighted by Crippen LogP contribution is 2.26. The fourth-order valence-electron chi connectivity index (χ4n) is 2.76. The minimum atomic E-state index is -4.74. The van der Waals surface area contributed by atoms with Gasteiger partial charge in [-0.25, -0.2) is 13.4 Å². The van der Waals surface area contributed by atoms with Crippen LogP contribution in [0.15, 0.2) is 23.1 Å². The van der Waals surface area contributed by atoms with Crippen LogP contribution in [-0.4, -0.2) is 49.8 Å². The van der Waals surface area contributed by atoms with Crippen LogP contribution < -0.4 is 0 Å². The second-order valence-corrected chi connectivity index (χ2v) is 9.69. The highest BCUT2D eigenvalue weighted by molar-refractivity contribution is 7.92. The van der Waals surface area contributed by atoms with Crippen LogP contribution in [-0.2, 0) is 37.1 Å². The third kappa shape index (κ3) is 6.43. The van der Waals surface area contributed by atoms with Gasteiger partial charge in [-0.3, -0.25) is 9.53 Å². The van der Waals surface area contributed by atoms with Crippen molar-refractivity contribution < 1.29 is 35.9 Å². The van der Waals surface area contributed by atoms with Crippen molar-refractivity contribution in [2.45, 2.75) is 45.0 Å². The normalized spacial score (nSPS) is 13.1. The number of nitrogens with zero attached hydrogens (tertiary/aromatic N) is 2. The van der Waals surface area contributed by atoms with Crippen LogP contribution in [0.3, 0.4) is 0 Å². The summed E-state index contributed by atoms with van der Waals surface area (Å²) < 4.78 is 71.6. The molecule has 1 aromatic heterocycles. The molecule has 0 saturated heterocycles. The van der Waals surface area contributed by atoms with Crippen LogP contribution in [0.5, 0.6) is 0 Å². The number of benzene rings is 1. The van der Waals surface area contributed by atoms with Gasteiger partial charge in [0.25, 0.3) is 0 Å². The number of halogens is 3. The number of hydrogen-bond acceptors (Lipinski definition) is 6. The van der Waals surface area contributed by atoms with Crippen LogP contribution in [0.25, 0.3) is 11.0 Å². The number of esters is 1. The van der Waals surface area contributed by atoms with Gasteiger partial charge in [-0.15, -0.1) is 13.2 Å². The van der Waals surface area contributed by atoms with Gasteiger partial charge >= 0.3 is 12.3 Å². The molecule has 0 unspecified atom stereocenters. The number of hydrogen-bond donors (Lipinski definition) is 0. The van der Waals surface area contributed by atoms with Crippen molar-refractivity contribution in [3.63, 3.8) is 0 Å². The van der Waals surface area contributed by atoms with E-state index < -0.39 is 34.5 Å². The van der Waals surface area contributed by atoms with Crippen molar-refractivity contribution in [3.05, 3.63) is 24.0 Å². The number of methoxy groups -OCH3 is 1. The van der Waals surface area contributed by atoms with E-state index in [-0.39, 0.29) is 16.9 Å². The molecule has 1 heterocycles. The molecule has 0 radical (unpaired) electrons. The van der Waals surface area contributed by atoms with Gasteiger partial charge in [0.1, 0.15) is 5.82 Å². The topological polar surface area (TPSA) is 87.5 Å².